The number of amides is 1. The van der Waals surface area contributed by atoms with Crippen LogP contribution in [0.2, 0.25) is 0 Å². The fourth-order valence-corrected chi connectivity index (χ4v) is 12.3. The van der Waals surface area contributed by atoms with Gasteiger partial charge in [-0.05, 0) is 51.4 Å². The Balaban J connectivity index is 3.37. The average Bonchev–Trinajstić information content (AvgIpc) is 3.48. The topological polar surface area (TPSA) is 95.9 Å². The minimum Gasteiger partial charge on any atom is -0.466 e. The Hall–Kier alpha value is -1.40. The van der Waals surface area contributed by atoms with Gasteiger partial charge < -0.3 is 20.3 Å². The molecule has 0 aliphatic heterocycles. The van der Waals surface area contributed by atoms with Gasteiger partial charge in [-0.1, -0.05) is 386 Å². The van der Waals surface area contributed by atoms with Crippen molar-refractivity contribution >= 4 is 11.9 Å². The molecule has 0 saturated heterocycles. The number of esters is 1. The second-order valence-electron chi connectivity index (χ2n) is 26.3. The lowest BCUT2D eigenvalue weighted by molar-refractivity contribution is -0.143. The summed E-state index contributed by atoms with van der Waals surface area (Å²) in [6.45, 7) is 5.00. The average molecular weight is 1160 g/mol. The first-order chi connectivity index (χ1) is 40.5. The van der Waals surface area contributed by atoms with Crippen LogP contribution < -0.4 is 5.32 Å². The third-order valence-corrected chi connectivity index (χ3v) is 18.1. The Labute approximate surface area is 514 Å². The molecule has 0 aliphatic rings. The molecule has 0 heterocycles. The summed E-state index contributed by atoms with van der Waals surface area (Å²) >= 11 is 0. The van der Waals surface area contributed by atoms with Crippen molar-refractivity contribution in [1.29, 1.82) is 0 Å². The molecule has 3 N–H and O–H groups in total. The number of aliphatic hydroxyl groups excluding tert-OH is 2. The van der Waals surface area contributed by atoms with Crippen LogP contribution in [0.25, 0.3) is 0 Å². The van der Waals surface area contributed by atoms with E-state index < -0.39 is 12.1 Å². The molecule has 0 aromatic carbocycles. The number of carbonyl (C=O) groups excluding carboxylic acids is 2. The lowest BCUT2D eigenvalue weighted by Crippen LogP contribution is -2.45. The maximum atomic E-state index is 12.6. The Morgan fingerprint density at radius 2 is 0.573 bits per heavy atom. The van der Waals surface area contributed by atoms with E-state index in [2.05, 4.69) is 31.3 Å². The van der Waals surface area contributed by atoms with Gasteiger partial charge in [-0.25, -0.2) is 0 Å². The third-order valence-electron chi connectivity index (χ3n) is 18.1. The zero-order chi connectivity index (χ0) is 59.2. The second-order valence-corrected chi connectivity index (χ2v) is 26.3. The number of hydrogen-bond acceptors (Lipinski definition) is 5. The summed E-state index contributed by atoms with van der Waals surface area (Å²) in [7, 11) is 0. The van der Waals surface area contributed by atoms with Gasteiger partial charge in [0.25, 0.3) is 0 Å². The molecule has 0 saturated carbocycles. The molecule has 0 aliphatic carbocycles. The van der Waals surface area contributed by atoms with Gasteiger partial charge in [0, 0.05) is 12.8 Å². The Bertz CT molecular complexity index is 1240. The monoisotopic (exact) mass is 1160 g/mol. The molecule has 488 valence electrons. The zero-order valence-corrected chi connectivity index (χ0v) is 56.0. The fraction of sp³-hybridized carbons (Fsp3) is 0.947. The van der Waals surface area contributed by atoms with E-state index in [0.717, 1.165) is 44.9 Å². The molecule has 0 bridgehead atoms. The van der Waals surface area contributed by atoms with Gasteiger partial charge in [0.2, 0.25) is 5.91 Å². The van der Waals surface area contributed by atoms with Crippen molar-refractivity contribution in [2.45, 2.75) is 450 Å². The first-order valence-electron chi connectivity index (χ1n) is 37.9. The zero-order valence-electron chi connectivity index (χ0n) is 56.0. The molecule has 0 radical (unpaired) electrons. The number of ether oxygens (including phenoxy) is 1. The molecule has 6 heteroatoms. The van der Waals surface area contributed by atoms with E-state index in [1.165, 1.54) is 360 Å². The maximum Gasteiger partial charge on any atom is 0.305 e. The molecule has 0 spiro atoms. The maximum absolute atomic E-state index is 12.6. The molecule has 6 nitrogen and oxygen atoms in total. The van der Waals surface area contributed by atoms with E-state index in [1.807, 2.05) is 0 Å². The van der Waals surface area contributed by atoms with Crippen LogP contribution in [0.5, 0.6) is 0 Å². The predicted molar refractivity (Wildman–Crippen MR) is 361 cm³/mol. The van der Waals surface area contributed by atoms with E-state index in [0.29, 0.717) is 25.9 Å². The minimum absolute atomic E-state index is 0.0120. The van der Waals surface area contributed by atoms with Gasteiger partial charge in [-0.15, -0.1) is 0 Å². The van der Waals surface area contributed by atoms with Crippen molar-refractivity contribution in [1.82, 2.24) is 5.32 Å². The lowest BCUT2D eigenvalue weighted by atomic mass is 10.0. The molecule has 0 rings (SSSR count). The van der Waals surface area contributed by atoms with Crippen molar-refractivity contribution in [2.75, 3.05) is 13.2 Å². The van der Waals surface area contributed by atoms with Gasteiger partial charge in [-0.2, -0.15) is 0 Å². The molecule has 0 fully saturated rings. The number of hydrogen-bond donors (Lipinski definition) is 3. The van der Waals surface area contributed by atoms with E-state index in [9.17, 15) is 19.8 Å². The van der Waals surface area contributed by atoms with Gasteiger partial charge in [0.05, 0.1) is 25.4 Å². The molecule has 82 heavy (non-hydrogen) atoms. The van der Waals surface area contributed by atoms with Crippen LogP contribution in [-0.4, -0.2) is 47.4 Å². The smallest absolute Gasteiger partial charge is 0.305 e. The Morgan fingerprint density at radius 1 is 0.329 bits per heavy atom. The van der Waals surface area contributed by atoms with Crippen LogP contribution in [0.3, 0.4) is 0 Å². The highest BCUT2D eigenvalue weighted by Gasteiger charge is 2.20. The Kier molecular flexibility index (Phi) is 70.8. The van der Waals surface area contributed by atoms with E-state index in [-0.39, 0.29) is 18.5 Å². The summed E-state index contributed by atoms with van der Waals surface area (Å²) < 4.78 is 5.51. The number of aliphatic hydroxyl groups is 2. The third kappa shape index (κ3) is 67.7. The van der Waals surface area contributed by atoms with Crippen molar-refractivity contribution in [3.05, 3.63) is 12.2 Å². The van der Waals surface area contributed by atoms with E-state index in [1.54, 1.807) is 0 Å². The summed E-state index contributed by atoms with van der Waals surface area (Å²) in [6.07, 6.45) is 89.9. The number of unbranched alkanes of at least 4 members (excludes halogenated alkanes) is 59. The predicted octanol–water partition coefficient (Wildman–Crippen LogP) is 24.7. The van der Waals surface area contributed by atoms with E-state index >= 15 is 0 Å². The quantitative estimate of drug-likeness (QED) is 0.0320. The standard InChI is InChI=1S/C76H149NO5/c1-3-5-7-9-11-13-15-17-19-21-23-24-25-26-27-30-33-36-40-44-48-52-56-60-64-68-74(79)73(72-78)77-75(80)69-65-61-57-53-49-45-41-37-34-31-28-29-32-35-39-43-47-51-55-59-63-67-71-82-76(81)70-66-62-58-54-50-46-42-38-22-20-18-16-14-12-10-8-6-4-2/h20,22,73-74,78-79H,3-19,21,23-72H2,1-2H3,(H,77,80)/b22-20-. The summed E-state index contributed by atoms with van der Waals surface area (Å²) in [5, 5.41) is 23.5. The van der Waals surface area contributed by atoms with Crippen LogP contribution in [0.15, 0.2) is 12.2 Å². The lowest BCUT2D eigenvalue weighted by Gasteiger charge is -2.22. The van der Waals surface area contributed by atoms with Crippen molar-refractivity contribution in [3.63, 3.8) is 0 Å². The van der Waals surface area contributed by atoms with Crippen molar-refractivity contribution in [3.8, 4) is 0 Å². The Morgan fingerprint density at radius 3 is 0.866 bits per heavy atom. The number of allylic oxidation sites excluding steroid dienone is 2. The molecule has 0 aromatic heterocycles. The number of nitrogens with one attached hydrogen (secondary N) is 1. The van der Waals surface area contributed by atoms with Crippen LogP contribution in [0.4, 0.5) is 0 Å². The van der Waals surface area contributed by atoms with Gasteiger partial charge >= 0.3 is 5.97 Å². The van der Waals surface area contributed by atoms with Gasteiger partial charge in [0.15, 0.2) is 0 Å². The first kappa shape index (κ1) is 80.6. The highest BCUT2D eigenvalue weighted by atomic mass is 16.5. The van der Waals surface area contributed by atoms with Gasteiger partial charge in [-0.3, -0.25) is 9.59 Å². The number of rotatable bonds is 72. The van der Waals surface area contributed by atoms with E-state index in [4.69, 9.17) is 4.74 Å². The van der Waals surface area contributed by atoms with Crippen molar-refractivity contribution in [2.24, 2.45) is 0 Å². The highest BCUT2D eigenvalue weighted by Crippen LogP contribution is 2.20. The summed E-state index contributed by atoms with van der Waals surface area (Å²) in [6, 6.07) is -0.543. The molecule has 1 amide bonds. The molecular formula is C76H149NO5. The normalized spacial score (nSPS) is 12.5. The molecule has 2 unspecified atom stereocenters. The first-order valence-corrected chi connectivity index (χ1v) is 37.9. The van der Waals surface area contributed by atoms with Crippen LogP contribution in [0.1, 0.15) is 438 Å². The van der Waals surface area contributed by atoms with Crippen LogP contribution in [0, 0.1) is 0 Å². The fourth-order valence-electron chi connectivity index (χ4n) is 12.3. The second kappa shape index (κ2) is 72.1. The van der Waals surface area contributed by atoms with Crippen molar-refractivity contribution < 1.29 is 24.5 Å². The summed E-state index contributed by atoms with van der Waals surface area (Å²) in [5.41, 5.74) is 0. The minimum atomic E-state index is -0.666. The number of carbonyl (C=O) groups is 2. The summed E-state index contributed by atoms with van der Waals surface area (Å²) in [4.78, 5) is 24.7. The molecular weight excluding hydrogens is 1010 g/mol. The molecule has 0 aromatic rings. The van der Waals surface area contributed by atoms with Gasteiger partial charge in [0.1, 0.15) is 0 Å². The van der Waals surface area contributed by atoms with Crippen LogP contribution >= 0.6 is 0 Å². The van der Waals surface area contributed by atoms with Crippen LogP contribution in [-0.2, 0) is 14.3 Å². The molecule has 2 atom stereocenters. The highest BCUT2D eigenvalue weighted by molar-refractivity contribution is 5.76. The summed E-state index contributed by atoms with van der Waals surface area (Å²) in [5.74, 6) is -0.0172. The largest absolute Gasteiger partial charge is 0.466 e. The SMILES string of the molecule is CCCCCCCCC/C=C\CCCCCCCCCC(=O)OCCCCCCCCCCCCCCCCCCCCCCCCC(=O)NC(CO)C(O)CCCCCCCCCCCCCCCCCCCCCCCCCCC.